The van der Waals surface area contributed by atoms with Gasteiger partial charge in [0.05, 0.1) is 17.7 Å². The van der Waals surface area contributed by atoms with E-state index >= 15 is 0 Å². The SMILES string of the molecule is CNc1ncccc1C(=O)N[C@@H](c1cccs1)C1CC(O)C1. The van der Waals surface area contributed by atoms with E-state index in [2.05, 4.69) is 15.6 Å². The van der Waals surface area contributed by atoms with E-state index < -0.39 is 0 Å². The van der Waals surface area contributed by atoms with Crippen molar-refractivity contribution in [2.45, 2.75) is 25.0 Å². The maximum absolute atomic E-state index is 12.6. The maximum atomic E-state index is 12.6. The number of thiophene rings is 1. The molecule has 2 aromatic rings. The molecule has 0 aliphatic heterocycles. The van der Waals surface area contributed by atoms with Gasteiger partial charge in [-0.1, -0.05) is 6.07 Å². The van der Waals surface area contributed by atoms with E-state index in [1.807, 2.05) is 17.5 Å². The number of aliphatic hydroxyl groups excluding tert-OH is 1. The number of hydrogen-bond donors (Lipinski definition) is 3. The van der Waals surface area contributed by atoms with Crippen molar-refractivity contribution in [3.63, 3.8) is 0 Å². The molecule has 0 spiro atoms. The number of rotatable bonds is 5. The van der Waals surface area contributed by atoms with Crippen LogP contribution in [0.5, 0.6) is 0 Å². The van der Waals surface area contributed by atoms with Crippen LogP contribution in [-0.4, -0.2) is 29.1 Å². The summed E-state index contributed by atoms with van der Waals surface area (Å²) >= 11 is 1.63. The highest BCUT2D eigenvalue weighted by Gasteiger charge is 2.36. The van der Waals surface area contributed by atoms with Crippen LogP contribution in [0.4, 0.5) is 5.82 Å². The Morgan fingerprint density at radius 2 is 2.23 bits per heavy atom. The van der Waals surface area contributed by atoms with Crippen LogP contribution in [-0.2, 0) is 0 Å². The Kier molecular flexibility index (Phi) is 4.40. The number of amides is 1. The number of carbonyl (C=O) groups excluding carboxylic acids is 1. The third-order valence-corrected chi connectivity index (χ3v) is 5.00. The predicted molar refractivity (Wildman–Crippen MR) is 87.0 cm³/mol. The van der Waals surface area contributed by atoms with E-state index in [1.165, 1.54) is 0 Å². The lowest BCUT2D eigenvalue weighted by molar-refractivity contribution is 0.0241. The van der Waals surface area contributed by atoms with Gasteiger partial charge in [-0.2, -0.15) is 0 Å². The molecule has 5 nitrogen and oxygen atoms in total. The Balaban J connectivity index is 1.80. The summed E-state index contributed by atoms with van der Waals surface area (Å²) in [5.74, 6) is 0.711. The van der Waals surface area contributed by atoms with E-state index in [-0.39, 0.29) is 24.0 Å². The van der Waals surface area contributed by atoms with Gasteiger partial charge in [-0.05, 0) is 42.3 Å². The van der Waals surface area contributed by atoms with E-state index in [0.29, 0.717) is 11.4 Å². The molecule has 0 aromatic carbocycles. The highest BCUT2D eigenvalue weighted by molar-refractivity contribution is 7.10. The second kappa shape index (κ2) is 6.46. The van der Waals surface area contributed by atoms with E-state index in [4.69, 9.17) is 0 Å². The molecule has 1 aliphatic carbocycles. The largest absolute Gasteiger partial charge is 0.393 e. The summed E-state index contributed by atoms with van der Waals surface area (Å²) in [6.07, 6.45) is 2.88. The van der Waals surface area contributed by atoms with Gasteiger partial charge >= 0.3 is 0 Å². The molecule has 3 N–H and O–H groups in total. The number of nitrogens with one attached hydrogen (secondary N) is 2. The molecule has 3 rings (SSSR count). The zero-order valence-corrected chi connectivity index (χ0v) is 13.1. The summed E-state index contributed by atoms with van der Waals surface area (Å²) in [4.78, 5) is 17.9. The van der Waals surface area contributed by atoms with Crippen LogP contribution < -0.4 is 10.6 Å². The smallest absolute Gasteiger partial charge is 0.255 e. The van der Waals surface area contributed by atoms with Gasteiger partial charge in [-0.15, -0.1) is 11.3 Å². The van der Waals surface area contributed by atoms with Crippen molar-refractivity contribution in [3.8, 4) is 0 Å². The molecule has 116 valence electrons. The number of aromatic nitrogens is 1. The first-order valence-electron chi connectivity index (χ1n) is 7.34. The zero-order chi connectivity index (χ0) is 15.5. The first-order valence-corrected chi connectivity index (χ1v) is 8.22. The molecule has 0 radical (unpaired) electrons. The molecule has 1 aliphatic rings. The molecular weight excluding hydrogens is 298 g/mol. The summed E-state index contributed by atoms with van der Waals surface area (Å²) in [6, 6.07) is 7.47. The van der Waals surface area contributed by atoms with Gasteiger partial charge in [0, 0.05) is 18.1 Å². The molecule has 0 unspecified atom stereocenters. The lowest BCUT2D eigenvalue weighted by atomic mass is 9.76. The van der Waals surface area contributed by atoms with Gasteiger partial charge in [-0.25, -0.2) is 4.98 Å². The normalized spacial score (nSPS) is 21.7. The summed E-state index contributed by atoms with van der Waals surface area (Å²) in [5.41, 5.74) is 0.534. The standard InChI is InChI=1S/C16H19N3O2S/c1-17-15-12(4-2-6-18-15)16(21)19-14(10-8-11(20)9-10)13-5-3-7-22-13/h2-7,10-11,14,20H,8-9H2,1H3,(H,17,18)(H,19,21)/t10?,11?,14-/m1/s1. The van der Waals surface area contributed by atoms with Gasteiger partial charge < -0.3 is 15.7 Å². The van der Waals surface area contributed by atoms with Crippen LogP contribution in [0, 0.1) is 5.92 Å². The fraction of sp³-hybridized carbons (Fsp3) is 0.375. The van der Waals surface area contributed by atoms with Crippen LogP contribution in [0.1, 0.15) is 34.1 Å². The summed E-state index contributed by atoms with van der Waals surface area (Å²) in [6.45, 7) is 0. The first kappa shape index (κ1) is 15.0. The monoisotopic (exact) mass is 317 g/mol. The lowest BCUT2D eigenvalue weighted by Gasteiger charge is -2.37. The van der Waals surface area contributed by atoms with Crippen LogP contribution >= 0.6 is 11.3 Å². The lowest BCUT2D eigenvalue weighted by Crippen LogP contribution is -2.41. The molecule has 0 bridgehead atoms. The molecule has 1 amide bonds. The molecular formula is C16H19N3O2S. The topological polar surface area (TPSA) is 74.2 Å². The van der Waals surface area contributed by atoms with Gasteiger partial charge in [0.2, 0.25) is 0 Å². The summed E-state index contributed by atoms with van der Waals surface area (Å²) in [7, 11) is 1.75. The molecule has 2 aromatic heterocycles. The highest BCUT2D eigenvalue weighted by atomic mass is 32.1. The van der Waals surface area contributed by atoms with Crippen molar-refractivity contribution < 1.29 is 9.90 Å². The number of pyridine rings is 1. The minimum absolute atomic E-state index is 0.0548. The van der Waals surface area contributed by atoms with Gasteiger partial charge in [0.1, 0.15) is 5.82 Å². The quantitative estimate of drug-likeness (QED) is 0.792. The third kappa shape index (κ3) is 2.98. The Labute approximate surface area is 133 Å². The maximum Gasteiger partial charge on any atom is 0.255 e. The fourth-order valence-corrected chi connectivity index (χ4v) is 3.67. The molecule has 6 heteroatoms. The Bertz CT molecular complexity index is 639. The van der Waals surface area contributed by atoms with Crippen molar-refractivity contribution in [1.29, 1.82) is 0 Å². The fourth-order valence-electron chi connectivity index (χ4n) is 2.80. The van der Waals surface area contributed by atoms with Crippen LogP contribution in [0.3, 0.4) is 0 Å². The zero-order valence-electron chi connectivity index (χ0n) is 12.3. The van der Waals surface area contributed by atoms with Crippen molar-refractivity contribution >= 4 is 23.1 Å². The van der Waals surface area contributed by atoms with Gasteiger partial charge in [0.25, 0.3) is 5.91 Å². The molecule has 1 atom stereocenters. The van der Waals surface area contributed by atoms with Crippen LogP contribution in [0.25, 0.3) is 0 Å². The van der Waals surface area contributed by atoms with Crippen LogP contribution in [0.15, 0.2) is 35.8 Å². The summed E-state index contributed by atoms with van der Waals surface area (Å²) in [5, 5.41) is 17.6. The molecule has 2 heterocycles. The number of anilines is 1. The van der Waals surface area contributed by atoms with Crippen molar-refractivity contribution in [3.05, 3.63) is 46.3 Å². The average Bonchev–Trinajstić information content (AvgIpc) is 3.03. The third-order valence-electron chi connectivity index (χ3n) is 4.05. The predicted octanol–water partition coefficient (Wildman–Crippen LogP) is 2.43. The Morgan fingerprint density at radius 1 is 1.41 bits per heavy atom. The number of aliphatic hydroxyl groups is 1. The second-order valence-electron chi connectivity index (χ2n) is 5.50. The highest BCUT2D eigenvalue weighted by Crippen LogP contribution is 2.39. The second-order valence-corrected chi connectivity index (χ2v) is 6.48. The molecule has 1 fully saturated rings. The minimum atomic E-state index is -0.240. The van der Waals surface area contributed by atoms with E-state index in [1.54, 1.807) is 36.7 Å². The van der Waals surface area contributed by atoms with E-state index in [9.17, 15) is 9.90 Å². The number of nitrogens with zero attached hydrogens (tertiary/aromatic N) is 1. The molecule has 22 heavy (non-hydrogen) atoms. The molecule has 0 saturated heterocycles. The average molecular weight is 317 g/mol. The van der Waals surface area contributed by atoms with Gasteiger partial charge in [0.15, 0.2) is 0 Å². The Hall–Kier alpha value is -1.92. The Morgan fingerprint density at radius 3 is 2.86 bits per heavy atom. The van der Waals surface area contributed by atoms with Crippen molar-refractivity contribution in [2.75, 3.05) is 12.4 Å². The van der Waals surface area contributed by atoms with Crippen molar-refractivity contribution in [1.82, 2.24) is 10.3 Å². The summed E-state index contributed by atoms with van der Waals surface area (Å²) < 4.78 is 0. The van der Waals surface area contributed by atoms with Crippen molar-refractivity contribution in [2.24, 2.45) is 5.92 Å². The van der Waals surface area contributed by atoms with Crippen LogP contribution in [0.2, 0.25) is 0 Å². The number of carbonyl (C=O) groups is 1. The van der Waals surface area contributed by atoms with Gasteiger partial charge in [-0.3, -0.25) is 4.79 Å². The first-order chi connectivity index (χ1) is 10.7. The molecule has 1 saturated carbocycles. The van der Waals surface area contributed by atoms with E-state index in [0.717, 1.165) is 17.7 Å². The number of hydrogen-bond acceptors (Lipinski definition) is 5. The minimum Gasteiger partial charge on any atom is -0.393 e.